The van der Waals surface area contributed by atoms with Crippen molar-refractivity contribution >= 4 is 17.5 Å². The van der Waals surface area contributed by atoms with Gasteiger partial charge in [0.2, 0.25) is 0 Å². The zero-order valence-electron chi connectivity index (χ0n) is 21.8. The Labute approximate surface area is 218 Å². The maximum Gasteiger partial charge on any atom is 0.414 e. The van der Waals surface area contributed by atoms with Gasteiger partial charge in [0.05, 0.1) is 11.2 Å². The van der Waals surface area contributed by atoms with Gasteiger partial charge in [-0.3, -0.25) is 4.90 Å². The zero-order chi connectivity index (χ0) is 26.2. The molecule has 1 N–H and O–H groups in total. The summed E-state index contributed by atoms with van der Waals surface area (Å²) < 4.78 is 11.5. The Bertz CT molecular complexity index is 1260. The summed E-state index contributed by atoms with van der Waals surface area (Å²) in [5.74, 6) is 1.18. The van der Waals surface area contributed by atoms with E-state index in [0.717, 1.165) is 55.7 Å². The molecule has 7 heteroatoms. The van der Waals surface area contributed by atoms with E-state index >= 15 is 0 Å². The number of aromatic nitrogens is 1. The number of piperidine rings is 1. The Morgan fingerprint density at radius 1 is 1.16 bits per heavy atom. The number of aryl methyl sites for hydroxylation is 1. The molecular formula is C30H35N3O4. The third kappa shape index (κ3) is 4.82. The second-order valence-corrected chi connectivity index (χ2v) is 10.3. The van der Waals surface area contributed by atoms with Crippen molar-refractivity contribution in [3.63, 3.8) is 0 Å². The summed E-state index contributed by atoms with van der Waals surface area (Å²) >= 11 is 0. The van der Waals surface area contributed by atoms with Gasteiger partial charge in [-0.05, 0) is 62.8 Å². The number of amides is 1. The van der Waals surface area contributed by atoms with Crippen LogP contribution in [0.5, 0.6) is 0 Å². The van der Waals surface area contributed by atoms with Gasteiger partial charge in [0.25, 0.3) is 0 Å². The van der Waals surface area contributed by atoms with E-state index in [4.69, 9.17) is 9.26 Å². The van der Waals surface area contributed by atoms with E-state index in [-0.39, 0.29) is 23.2 Å². The van der Waals surface area contributed by atoms with Crippen LogP contribution in [0.3, 0.4) is 0 Å². The van der Waals surface area contributed by atoms with Crippen LogP contribution in [0.15, 0.2) is 71.5 Å². The number of rotatable bonds is 7. The van der Waals surface area contributed by atoms with Gasteiger partial charge in [0.1, 0.15) is 17.5 Å². The number of anilines is 2. The Hall–Kier alpha value is -3.74. The number of ether oxygens (including phenoxy) is 1. The fourth-order valence-electron chi connectivity index (χ4n) is 5.43. The summed E-state index contributed by atoms with van der Waals surface area (Å²) in [6.45, 7) is 9.25. The monoisotopic (exact) mass is 501 g/mol. The van der Waals surface area contributed by atoms with Gasteiger partial charge in [-0.2, -0.15) is 0 Å². The van der Waals surface area contributed by atoms with Gasteiger partial charge < -0.3 is 19.3 Å². The van der Waals surface area contributed by atoms with Gasteiger partial charge >= 0.3 is 6.09 Å². The zero-order valence-corrected chi connectivity index (χ0v) is 21.8. The van der Waals surface area contributed by atoms with E-state index in [1.165, 1.54) is 10.6 Å². The lowest BCUT2D eigenvalue weighted by atomic mass is 9.91. The molecule has 0 bridgehead atoms. The first-order valence-electron chi connectivity index (χ1n) is 13.0. The van der Waals surface area contributed by atoms with Crippen LogP contribution in [0.2, 0.25) is 0 Å². The Balaban J connectivity index is 1.23. The van der Waals surface area contributed by atoms with Crippen molar-refractivity contribution in [2.75, 3.05) is 29.9 Å². The molecule has 2 fully saturated rings. The van der Waals surface area contributed by atoms with Crippen LogP contribution in [0.4, 0.5) is 16.2 Å². The first-order valence-corrected chi connectivity index (χ1v) is 13.0. The summed E-state index contributed by atoms with van der Waals surface area (Å²) in [6.07, 6.45) is 2.91. The second kappa shape index (κ2) is 9.96. The van der Waals surface area contributed by atoms with Gasteiger partial charge in [-0.1, -0.05) is 54.2 Å². The normalized spacial score (nSPS) is 17.8. The standard InChI is InChI=1S/C30H35N3O4/c1-20-27(32(4)29(35)36-21(2)23-8-6-5-7-9-23)28(37-31-20)24-14-18-33(19-15-24)26-12-10-25(11-13-26)30(16-17-30)22(3)34/h5-13,21,24,34H,3,14-19H2,1-2,4H3/t21-/m1/s1. The molecule has 0 spiro atoms. The smallest absolute Gasteiger partial charge is 0.414 e. The van der Waals surface area contributed by atoms with Crippen LogP contribution in [-0.2, 0) is 10.2 Å². The number of aliphatic hydroxyl groups excluding tert-OH is 1. The lowest BCUT2D eigenvalue weighted by Gasteiger charge is -2.33. The van der Waals surface area contributed by atoms with E-state index in [1.807, 2.05) is 44.2 Å². The largest absolute Gasteiger partial charge is 0.512 e. The molecule has 1 saturated carbocycles. The van der Waals surface area contributed by atoms with E-state index in [2.05, 4.69) is 40.9 Å². The molecule has 1 aliphatic carbocycles. The third-order valence-electron chi connectivity index (χ3n) is 7.97. The second-order valence-electron chi connectivity index (χ2n) is 10.3. The predicted octanol–water partition coefficient (Wildman–Crippen LogP) is 6.80. The molecule has 2 heterocycles. The summed E-state index contributed by atoms with van der Waals surface area (Å²) in [5, 5.41) is 14.2. The number of allylic oxidation sites excluding steroid dienone is 1. The van der Waals surface area contributed by atoms with Crippen LogP contribution in [0, 0.1) is 6.92 Å². The molecule has 5 rings (SSSR count). The first kappa shape index (κ1) is 24.9. The molecule has 0 unspecified atom stereocenters. The molecule has 1 saturated heterocycles. The number of carbonyl (C=O) groups excluding carboxylic acids is 1. The Morgan fingerprint density at radius 2 is 1.81 bits per heavy atom. The van der Waals surface area contributed by atoms with Crippen LogP contribution >= 0.6 is 0 Å². The van der Waals surface area contributed by atoms with E-state index < -0.39 is 6.09 Å². The summed E-state index contributed by atoms with van der Waals surface area (Å²) in [6, 6.07) is 18.2. The fraction of sp³-hybridized carbons (Fsp3) is 0.400. The van der Waals surface area contributed by atoms with E-state index in [9.17, 15) is 9.90 Å². The highest BCUT2D eigenvalue weighted by molar-refractivity contribution is 5.88. The number of carbonyl (C=O) groups is 1. The minimum atomic E-state index is -0.430. The number of benzene rings is 2. The summed E-state index contributed by atoms with van der Waals surface area (Å²) in [5.41, 5.74) is 4.40. The number of nitrogens with zero attached hydrogens (tertiary/aromatic N) is 3. The molecule has 2 aliphatic rings. The van der Waals surface area contributed by atoms with Crippen molar-refractivity contribution in [1.82, 2.24) is 5.16 Å². The maximum absolute atomic E-state index is 13.0. The lowest BCUT2D eigenvalue weighted by molar-refractivity contribution is 0.115. The minimum Gasteiger partial charge on any atom is -0.512 e. The van der Waals surface area contributed by atoms with Crippen molar-refractivity contribution in [2.24, 2.45) is 0 Å². The Kier molecular flexibility index (Phi) is 6.71. The SMILES string of the molecule is C=C(O)C1(c2ccc(N3CCC(c4onc(C)c4N(C)C(=O)O[C@H](C)c4ccccc4)CC3)cc2)CC1. The van der Waals surface area contributed by atoms with Crippen LogP contribution in [0.1, 0.15) is 67.2 Å². The van der Waals surface area contributed by atoms with Crippen LogP contribution in [0.25, 0.3) is 0 Å². The molecule has 1 atom stereocenters. The quantitative estimate of drug-likeness (QED) is 0.359. The molecule has 1 aliphatic heterocycles. The first-order chi connectivity index (χ1) is 17.8. The molecule has 0 radical (unpaired) electrons. The fourth-order valence-corrected chi connectivity index (χ4v) is 5.43. The summed E-state index contributed by atoms with van der Waals surface area (Å²) in [7, 11) is 1.72. The summed E-state index contributed by atoms with van der Waals surface area (Å²) in [4.78, 5) is 16.9. The van der Waals surface area contributed by atoms with E-state index in [1.54, 1.807) is 7.05 Å². The lowest BCUT2D eigenvalue weighted by Crippen LogP contribution is -2.34. The average Bonchev–Trinajstić information content (AvgIpc) is 3.65. The maximum atomic E-state index is 13.0. The highest BCUT2D eigenvalue weighted by Gasteiger charge is 2.47. The van der Waals surface area contributed by atoms with Gasteiger partial charge in [0, 0.05) is 31.7 Å². The predicted molar refractivity (Wildman–Crippen MR) is 144 cm³/mol. The Morgan fingerprint density at radius 3 is 2.41 bits per heavy atom. The number of hydrogen-bond donors (Lipinski definition) is 1. The van der Waals surface area contributed by atoms with E-state index in [0.29, 0.717) is 11.4 Å². The minimum absolute atomic E-state index is 0.168. The number of hydrogen-bond acceptors (Lipinski definition) is 6. The number of aliphatic hydroxyl groups is 1. The molecule has 3 aromatic rings. The van der Waals surface area contributed by atoms with Crippen molar-refractivity contribution < 1.29 is 19.2 Å². The van der Waals surface area contributed by atoms with Crippen molar-refractivity contribution in [2.45, 2.75) is 57.0 Å². The topological polar surface area (TPSA) is 79.0 Å². The van der Waals surface area contributed by atoms with Crippen LogP contribution < -0.4 is 9.80 Å². The van der Waals surface area contributed by atoms with Crippen LogP contribution in [-0.4, -0.2) is 36.5 Å². The van der Waals surface area contributed by atoms with Gasteiger partial charge in [0.15, 0.2) is 5.76 Å². The van der Waals surface area contributed by atoms with Crippen molar-refractivity contribution in [3.05, 3.63) is 89.5 Å². The molecule has 7 nitrogen and oxygen atoms in total. The highest BCUT2D eigenvalue weighted by atomic mass is 16.6. The molecule has 1 amide bonds. The molecule has 1 aromatic heterocycles. The molecule has 2 aromatic carbocycles. The third-order valence-corrected chi connectivity index (χ3v) is 7.97. The highest BCUT2D eigenvalue weighted by Crippen LogP contribution is 2.52. The van der Waals surface area contributed by atoms with Crippen molar-refractivity contribution in [3.8, 4) is 0 Å². The van der Waals surface area contributed by atoms with Crippen molar-refractivity contribution in [1.29, 1.82) is 0 Å². The molecule has 194 valence electrons. The van der Waals surface area contributed by atoms with Gasteiger partial charge in [-0.25, -0.2) is 4.79 Å². The van der Waals surface area contributed by atoms with Gasteiger partial charge in [-0.15, -0.1) is 0 Å². The molecular weight excluding hydrogens is 466 g/mol. The average molecular weight is 502 g/mol. The molecule has 37 heavy (non-hydrogen) atoms.